The third-order valence-corrected chi connectivity index (χ3v) is 0. The lowest BCUT2D eigenvalue weighted by Gasteiger charge is -1.80. The Balaban J connectivity index is -0.0000000420. The van der Waals surface area contributed by atoms with E-state index in [4.69, 9.17) is 20.4 Å². The molecule has 0 atom stereocenters. The minimum absolute atomic E-state index is 0.167. The maximum Gasteiger partial charge on any atom is 0.0483 e. The van der Waals surface area contributed by atoms with Crippen LogP contribution in [0.15, 0.2) is 0 Å². The number of hydrogen-bond donors (Lipinski definition) is 4. The van der Waals surface area contributed by atoms with Gasteiger partial charge in [0.15, 0.2) is 0 Å². The summed E-state index contributed by atoms with van der Waals surface area (Å²) >= 11 is 0. The molecule has 0 radical (unpaired) electrons. The van der Waals surface area contributed by atoms with E-state index in [0.717, 1.165) is 0 Å². The average molecular weight is 198 g/mol. The van der Waals surface area contributed by atoms with Crippen LogP contribution in [-0.2, 0) is 0 Å². The Hall–Kier alpha value is -0.160. The number of hydrogen-bond acceptors (Lipinski definition) is 4. The Morgan fingerprint density at radius 1 is 0.769 bits per heavy atom. The third-order valence-electron chi connectivity index (χ3n) is 0. The standard InChI is InChI=1S/C3H8O.3C2H6O/c1-3(2)4;3*1-2-3/h3-4H,1-2H3;3*3H,2H2,1H3. The van der Waals surface area contributed by atoms with Gasteiger partial charge in [-0.2, -0.15) is 0 Å². The van der Waals surface area contributed by atoms with Crippen molar-refractivity contribution >= 4 is 0 Å². The summed E-state index contributed by atoms with van der Waals surface area (Å²) in [7, 11) is 0. The molecular formula is C9H26O4. The highest BCUT2D eigenvalue weighted by Gasteiger charge is 1.69. The predicted molar refractivity (Wildman–Crippen MR) is 55.6 cm³/mol. The lowest BCUT2D eigenvalue weighted by atomic mass is 10.5. The lowest BCUT2D eigenvalue weighted by Crippen LogP contribution is -1.85. The quantitative estimate of drug-likeness (QED) is 0.454. The minimum Gasteiger partial charge on any atom is -0.397 e. The molecule has 0 saturated heterocycles. The van der Waals surface area contributed by atoms with Gasteiger partial charge >= 0.3 is 0 Å². The molecule has 0 bridgehead atoms. The van der Waals surface area contributed by atoms with Crippen molar-refractivity contribution in [2.75, 3.05) is 19.8 Å². The monoisotopic (exact) mass is 198 g/mol. The summed E-state index contributed by atoms with van der Waals surface area (Å²) in [6.07, 6.45) is -0.167. The second-order valence-corrected chi connectivity index (χ2v) is 2.04. The van der Waals surface area contributed by atoms with Crippen LogP contribution in [0, 0.1) is 0 Å². The van der Waals surface area contributed by atoms with Crippen LogP contribution in [0.3, 0.4) is 0 Å². The van der Waals surface area contributed by atoms with Gasteiger partial charge in [-0.1, -0.05) is 0 Å². The van der Waals surface area contributed by atoms with Crippen molar-refractivity contribution in [1.29, 1.82) is 0 Å². The molecule has 0 unspecified atom stereocenters. The fourth-order valence-electron chi connectivity index (χ4n) is 0. The van der Waals surface area contributed by atoms with Crippen molar-refractivity contribution in [3.63, 3.8) is 0 Å². The summed E-state index contributed by atoms with van der Waals surface area (Å²) in [5.41, 5.74) is 0. The molecule has 0 fully saturated rings. The Morgan fingerprint density at radius 2 is 0.769 bits per heavy atom. The smallest absolute Gasteiger partial charge is 0.0483 e. The highest BCUT2D eigenvalue weighted by molar-refractivity contribution is 4.20. The van der Waals surface area contributed by atoms with Crippen LogP contribution in [0.1, 0.15) is 34.6 Å². The zero-order valence-electron chi connectivity index (χ0n) is 9.49. The second kappa shape index (κ2) is 40.8. The SMILES string of the molecule is CC(C)O.CCO.CCO.CCO. The van der Waals surface area contributed by atoms with Crippen molar-refractivity contribution in [2.24, 2.45) is 0 Å². The van der Waals surface area contributed by atoms with Gasteiger partial charge in [-0.25, -0.2) is 0 Å². The van der Waals surface area contributed by atoms with E-state index in [1.54, 1.807) is 34.6 Å². The zero-order chi connectivity index (χ0) is 11.7. The van der Waals surface area contributed by atoms with Gasteiger partial charge in [0.05, 0.1) is 0 Å². The highest BCUT2D eigenvalue weighted by Crippen LogP contribution is 1.65. The molecule has 0 heterocycles. The normalized spacial score (nSPS) is 6.92. The third kappa shape index (κ3) is 44800. The van der Waals surface area contributed by atoms with Crippen LogP contribution in [0.5, 0.6) is 0 Å². The molecule has 4 nitrogen and oxygen atoms in total. The van der Waals surface area contributed by atoms with Crippen LogP contribution in [0.4, 0.5) is 0 Å². The molecule has 0 aromatic carbocycles. The molecule has 0 aliphatic rings. The number of rotatable bonds is 0. The van der Waals surface area contributed by atoms with Gasteiger partial charge in [0, 0.05) is 25.9 Å². The number of aliphatic hydroxyl groups is 4. The maximum atomic E-state index is 8.06. The molecule has 0 spiro atoms. The van der Waals surface area contributed by atoms with E-state index in [1.165, 1.54) is 0 Å². The van der Waals surface area contributed by atoms with Crippen LogP contribution in [0.2, 0.25) is 0 Å². The lowest BCUT2D eigenvalue weighted by molar-refractivity contribution is 0.216. The first kappa shape index (κ1) is 23.0. The molecule has 0 aromatic heterocycles. The van der Waals surface area contributed by atoms with Gasteiger partial charge in [0.1, 0.15) is 0 Å². The van der Waals surface area contributed by atoms with E-state index >= 15 is 0 Å². The minimum atomic E-state index is -0.167. The molecule has 0 aliphatic heterocycles. The Bertz CT molecular complexity index is 33.1. The molecule has 86 valence electrons. The zero-order valence-corrected chi connectivity index (χ0v) is 9.49. The van der Waals surface area contributed by atoms with Gasteiger partial charge in [-0.3, -0.25) is 0 Å². The molecule has 13 heavy (non-hydrogen) atoms. The van der Waals surface area contributed by atoms with E-state index in [0.29, 0.717) is 0 Å². The van der Waals surface area contributed by atoms with Crippen LogP contribution in [-0.4, -0.2) is 46.4 Å². The summed E-state index contributed by atoms with van der Waals surface area (Å²) in [6.45, 7) is 9.24. The fraction of sp³-hybridized carbons (Fsp3) is 1.00. The van der Waals surface area contributed by atoms with Crippen LogP contribution >= 0.6 is 0 Å². The summed E-state index contributed by atoms with van der Waals surface area (Å²) in [5, 5.41) is 30.8. The molecular weight excluding hydrogens is 172 g/mol. The number of aliphatic hydroxyl groups excluding tert-OH is 4. The maximum absolute atomic E-state index is 8.06. The van der Waals surface area contributed by atoms with Crippen LogP contribution < -0.4 is 0 Å². The van der Waals surface area contributed by atoms with Crippen molar-refractivity contribution in [2.45, 2.75) is 40.7 Å². The average Bonchev–Trinajstić information content (AvgIpc) is 1.88. The summed E-state index contributed by atoms with van der Waals surface area (Å²) < 4.78 is 0. The van der Waals surface area contributed by atoms with E-state index in [-0.39, 0.29) is 25.9 Å². The van der Waals surface area contributed by atoms with Gasteiger partial charge in [-0.05, 0) is 34.6 Å². The fourth-order valence-corrected chi connectivity index (χ4v) is 0. The topological polar surface area (TPSA) is 80.9 Å². The Kier molecular flexibility index (Phi) is 72.3. The molecule has 0 aliphatic carbocycles. The molecule has 4 heteroatoms. The van der Waals surface area contributed by atoms with Gasteiger partial charge in [-0.15, -0.1) is 0 Å². The van der Waals surface area contributed by atoms with Crippen molar-refractivity contribution in [1.82, 2.24) is 0 Å². The molecule has 0 rings (SSSR count). The van der Waals surface area contributed by atoms with Gasteiger partial charge < -0.3 is 20.4 Å². The van der Waals surface area contributed by atoms with Gasteiger partial charge in [0.25, 0.3) is 0 Å². The van der Waals surface area contributed by atoms with E-state index in [9.17, 15) is 0 Å². The Labute approximate surface area is 81.9 Å². The van der Waals surface area contributed by atoms with Crippen LogP contribution in [0.25, 0.3) is 0 Å². The summed E-state index contributed by atoms with van der Waals surface area (Å²) in [4.78, 5) is 0. The van der Waals surface area contributed by atoms with Crippen molar-refractivity contribution in [3.05, 3.63) is 0 Å². The van der Waals surface area contributed by atoms with Crippen molar-refractivity contribution < 1.29 is 20.4 Å². The highest BCUT2D eigenvalue weighted by atomic mass is 16.3. The van der Waals surface area contributed by atoms with E-state index < -0.39 is 0 Å². The van der Waals surface area contributed by atoms with E-state index in [1.807, 2.05) is 0 Å². The first-order valence-corrected chi connectivity index (χ1v) is 4.48. The van der Waals surface area contributed by atoms with E-state index in [2.05, 4.69) is 0 Å². The second-order valence-electron chi connectivity index (χ2n) is 2.04. The first-order chi connectivity index (χ1) is 5.97. The predicted octanol–water partition coefficient (Wildman–Crippen LogP) is 0.383. The first-order valence-electron chi connectivity index (χ1n) is 4.48. The largest absolute Gasteiger partial charge is 0.397 e. The molecule has 0 saturated carbocycles. The van der Waals surface area contributed by atoms with Crippen molar-refractivity contribution in [3.8, 4) is 0 Å². The Morgan fingerprint density at radius 3 is 0.769 bits per heavy atom. The summed E-state index contributed by atoms with van der Waals surface area (Å²) in [5.74, 6) is 0. The summed E-state index contributed by atoms with van der Waals surface area (Å²) in [6, 6.07) is 0. The molecule has 0 aromatic rings. The van der Waals surface area contributed by atoms with Gasteiger partial charge in [0.2, 0.25) is 0 Å². The molecule has 4 N–H and O–H groups in total. The molecule has 0 amide bonds.